The van der Waals surface area contributed by atoms with Crippen LogP contribution in [0.5, 0.6) is 5.75 Å². The molecule has 0 aromatic heterocycles. The number of ether oxygens (including phenoxy) is 1. The predicted molar refractivity (Wildman–Crippen MR) is 85.3 cm³/mol. The maximum absolute atomic E-state index is 12.8. The quantitative estimate of drug-likeness (QED) is 0.889. The molecule has 0 saturated carbocycles. The van der Waals surface area contributed by atoms with Gasteiger partial charge in [0.15, 0.2) is 0 Å². The third kappa shape index (κ3) is 6.20. The largest absolute Gasteiger partial charge is 0.497 e. The maximum atomic E-state index is 12.8. The average molecular weight is 361 g/mol. The Morgan fingerprint density at radius 3 is 2.14 bits per heavy atom. The Bertz CT molecular complexity index is 423. The van der Waals surface area contributed by atoms with Crippen LogP contribution in [0.2, 0.25) is 0 Å². The van der Waals surface area contributed by atoms with E-state index in [2.05, 4.69) is 5.32 Å². The number of rotatable bonds is 4. The lowest BCUT2D eigenvalue weighted by Gasteiger charge is -2.35. The summed E-state index contributed by atoms with van der Waals surface area (Å²) in [4.78, 5) is 1.89. The van der Waals surface area contributed by atoms with Crippen LogP contribution in [-0.2, 0) is 0 Å². The minimum Gasteiger partial charge on any atom is -0.497 e. The molecule has 1 aliphatic rings. The molecule has 0 radical (unpaired) electrons. The zero-order valence-electron chi connectivity index (χ0n) is 12.2. The van der Waals surface area contributed by atoms with E-state index < -0.39 is 18.6 Å². The molecule has 1 fully saturated rings. The molecule has 3 nitrogen and oxygen atoms in total. The van der Waals surface area contributed by atoms with E-state index in [1.807, 2.05) is 4.90 Å². The molecular weight excluding hydrogens is 340 g/mol. The van der Waals surface area contributed by atoms with Gasteiger partial charge >= 0.3 is 6.18 Å². The second-order valence-electron chi connectivity index (χ2n) is 4.89. The first-order chi connectivity index (χ1) is 9.49. The van der Waals surface area contributed by atoms with Gasteiger partial charge in [0.1, 0.15) is 5.75 Å². The first-order valence-electron chi connectivity index (χ1n) is 6.65. The summed E-state index contributed by atoms with van der Waals surface area (Å²) in [5, 5.41) is 3.16. The van der Waals surface area contributed by atoms with E-state index in [1.54, 1.807) is 31.4 Å². The molecule has 0 bridgehead atoms. The second kappa shape index (κ2) is 9.45. The third-order valence-corrected chi connectivity index (χ3v) is 3.52. The van der Waals surface area contributed by atoms with Crippen LogP contribution in [0.1, 0.15) is 18.0 Å². The molecule has 0 unspecified atom stereocenters. The van der Waals surface area contributed by atoms with Gasteiger partial charge in [-0.2, -0.15) is 13.2 Å². The van der Waals surface area contributed by atoms with Crippen molar-refractivity contribution < 1.29 is 17.9 Å². The number of nitrogens with one attached hydrogen (secondary N) is 1. The van der Waals surface area contributed by atoms with E-state index in [0.717, 1.165) is 13.1 Å². The van der Waals surface area contributed by atoms with Gasteiger partial charge in [-0.3, -0.25) is 4.90 Å². The molecule has 0 amide bonds. The highest BCUT2D eigenvalue weighted by atomic mass is 35.5. The van der Waals surface area contributed by atoms with Crippen LogP contribution in [0.4, 0.5) is 13.2 Å². The fourth-order valence-corrected chi connectivity index (χ4v) is 2.50. The minimum absolute atomic E-state index is 0. The molecule has 1 aromatic carbocycles. The van der Waals surface area contributed by atoms with Gasteiger partial charge in [0.2, 0.25) is 0 Å². The van der Waals surface area contributed by atoms with Crippen molar-refractivity contribution in [1.82, 2.24) is 10.2 Å². The summed E-state index contributed by atoms with van der Waals surface area (Å²) in [5.74, 6) is 0.653. The lowest BCUT2D eigenvalue weighted by molar-refractivity contribution is -0.148. The molecule has 0 spiro atoms. The van der Waals surface area contributed by atoms with Gasteiger partial charge in [0.05, 0.1) is 13.5 Å². The van der Waals surface area contributed by atoms with Crippen molar-refractivity contribution in [3.63, 3.8) is 0 Å². The van der Waals surface area contributed by atoms with E-state index >= 15 is 0 Å². The average Bonchev–Trinajstić information content (AvgIpc) is 2.45. The van der Waals surface area contributed by atoms with Crippen LogP contribution in [0.25, 0.3) is 0 Å². The zero-order valence-corrected chi connectivity index (χ0v) is 13.9. The van der Waals surface area contributed by atoms with Gasteiger partial charge < -0.3 is 10.1 Å². The molecule has 1 saturated heterocycles. The summed E-state index contributed by atoms with van der Waals surface area (Å²) in [7, 11) is 1.54. The van der Waals surface area contributed by atoms with Gasteiger partial charge in [-0.15, -0.1) is 24.8 Å². The Labute approximate surface area is 141 Å². The number of methoxy groups -OCH3 is 1. The molecule has 1 heterocycles. The van der Waals surface area contributed by atoms with Crippen LogP contribution >= 0.6 is 24.8 Å². The molecule has 128 valence electrons. The van der Waals surface area contributed by atoms with Crippen LogP contribution in [0, 0.1) is 0 Å². The summed E-state index contributed by atoms with van der Waals surface area (Å²) >= 11 is 0. The van der Waals surface area contributed by atoms with Crippen LogP contribution in [0.3, 0.4) is 0 Å². The van der Waals surface area contributed by atoms with Crippen molar-refractivity contribution in [3.05, 3.63) is 29.8 Å². The number of benzene rings is 1. The van der Waals surface area contributed by atoms with Gasteiger partial charge in [-0.25, -0.2) is 0 Å². The van der Waals surface area contributed by atoms with Crippen molar-refractivity contribution >= 4 is 24.8 Å². The summed E-state index contributed by atoms with van der Waals surface area (Å²) in [6, 6.07) is 6.24. The fraction of sp³-hybridized carbons (Fsp3) is 0.571. The molecule has 1 aliphatic heterocycles. The van der Waals surface area contributed by atoms with Crippen molar-refractivity contribution in [2.75, 3.05) is 33.3 Å². The number of alkyl halides is 3. The maximum Gasteiger partial charge on any atom is 0.390 e. The SMILES string of the molecule is COc1ccc([C@@H](CC(F)(F)F)N2CCNCC2)cc1.Cl.Cl. The Balaban J connectivity index is 0.00000220. The third-order valence-electron chi connectivity index (χ3n) is 3.52. The summed E-state index contributed by atoms with van der Waals surface area (Å²) in [6.45, 7) is 2.72. The minimum atomic E-state index is -4.17. The Hall–Kier alpha value is -0.690. The van der Waals surface area contributed by atoms with Crippen LogP contribution in [0.15, 0.2) is 24.3 Å². The number of hydrogen-bond acceptors (Lipinski definition) is 3. The standard InChI is InChI=1S/C14H19F3N2O.2ClH/c1-20-12-4-2-11(3-5-12)13(10-14(15,16)17)19-8-6-18-7-9-19;;/h2-5,13,18H,6-10H2,1H3;2*1H/t13-;;/m1../s1. The Morgan fingerprint density at radius 1 is 1.14 bits per heavy atom. The van der Waals surface area contributed by atoms with Gasteiger partial charge in [0.25, 0.3) is 0 Å². The van der Waals surface area contributed by atoms with Gasteiger partial charge in [-0.1, -0.05) is 12.1 Å². The molecule has 1 N–H and O–H groups in total. The molecule has 2 rings (SSSR count). The number of hydrogen-bond donors (Lipinski definition) is 1. The monoisotopic (exact) mass is 360 g/mol. The number of nitrogens with zero attached hydrogens (tertiary/aromatic N) is 1. The topological polar surface area (TPSA) is 24.5 Å². The van der Waals surface area contributed by atoms with Crippen LogP contribution in [-0.4, -0.2) is 44.4 Å². The predicted octanol–water partition coefficient (Wildman–Crippen LogP) is 3.44. The van der Waals surface area contributed by atoms with Crippen LogP contribution < -0.4 is 10.1 Å². The van der Waals surface area contributed by atoms with Crippen molar-refractivity contribution in [1.29, 1.82) is 0 Å². The Morgan fingerprint density at radius 2 is 1.68 bits per heavy atom. The normalized spacial score (nSPS) is 17.1. The van der Waals surface area contributed by atoms with Gasteiger partial charge in [0, 0.05) is 32.2 Å². The van der Waals surface area contributed by atoms with Crippen molar-refractivity contribution in [2.45, 2.75) is 18.6 Å². The summed E-state index contributed by atoms with van der Waals surface area (Å²) < 4.78 is 43.5. The number of piperazine rings is 1. The first-order valence-corrected chi connectivity index (χ1v) is 6.65. The lowest BCUT2D eigenvalue weighted by Crippen LogP contribution is -2.46. The summed E-state index contributed by atoms with van der Waals surface area (Å²) in [6.07, 6.45) is -4.99. The molecule has 1 aromatic rings. The van der Waals surface area contributed by atoms with E-state index in [1.165, 1.54) is 0 Å². The number of halogens is 5. The first kappa shape index (κ1) is 21.3. The molecule has 0 aliphatic carbocycles. The van der Waals surface area contributed by atoms with E-state index in [9.17, 15) is 13.2 Å². The van der Waals surface area contributed by atoms with Gasteiger partial charge in [-0.05, 0) is 17.7 Å². The fourth-order valence-electron chi connectivity index (χ4n) is 2.50. The van der Waals surface area contributed by atoms with Crippen molar-refractivity contribution in [3.8, 4) is 5.75 Å². The lowest BCUT2D eigenvalue weighted by atomic mass is 10.0. The highest BCUT2D eigenvalue weighted by Gasteiger charge is 2.35. The second-order valence-corrected chi connectivity index (χ2v) is 4.89. The Kier molecular flexibility index (Phi) is 9.15. The zero-order chi connectivity index (χ0) is 14.6. The van der Waals surface area contributed by atoms with E-state index in [4.69, 9.17) is 4.74 Å². The molecule has 8 heteroatoms. The molecule has 22 heavy (non-hydrogen) atoms. The molecule has 1 atom stereocenters. The van der Waals surface area contributed by atoms with E-state index in [0.29, 0.717) is 24.4 Å². The highest BCUT2D eigenvalue weighted by molar-refractivity contribution is 5.85. The summed E-state index contributed by atoms with van der Waals surface area (Å²) in [5.41, 5.74) is 0.685. The molecular formula is C14H21Cl2F3N2O. The highest BCUT2D eigenvalue weighted by Crippen LogP contribution is 2.34. The van der Waals surface area contributed by atoms with E-state index in [-0.39, 0.29) is 24.8 Å². The smallest absolute Gasteiger partial charge is 0.390 e. The van der Waals surface area contributed by atoms with Crippen molar-refractivity contribution in [2.24, 2.45) is 0 Å².